The van der Waals surface area contributed by atoms with Crippen molar-refractivity contribution in [3.05, 3.63) is 0 Å². The molecule has 2 amide bonds. The maximum atomic E-state index is 11.7. The summed E-state index contributed by atoms with van der Waals surface area (Å²) in [6, 6.07) is 0.186. The minimum absolute atomic E-state index is 0.0827. The van der Waals surface area contributed by atoms with Crippen molar-refractivity contribution in [3.8, 4) is 0 Å². The summed E-state index contributed by atoms with van der Waals surface area (Å²) in [4.78, 5) is 23.2. The van der Waals surface area contributed by atoms with Crippen molar-refractivity contribution in [2.75, 3.05) is 0 Å². The lowest BCUT2D eigenvalue weighted by Crippen LogP contribution is -2.43. The molecule has 0 saturated heterocycles. The molecule has 0 spiro atoms. The first-order valence-electron chi connectivity index (χ1n) is 7.23. The molecular formula is C15H30N2O2. The monoisotopic (exact) mass is 270 g/mol. The molecule has 0 aromatic rings. The highest BCUT2D eigenvalue weighted by Crippen LogP contribution is 2.14. The van der Waals surface area contributed by atoms with Gasteiger partial charge >= 0.3 is 0 Å². The van der Waals surface area contributed by atoms with Crippen LogP contribution in [0.4, 0.5) is 0 Å². The van der Waals surface area contributed by atoms with E-state index in [1.54, 1.807) is 0 Å². The molecule has 0 unspecified atom stereocenters. The second kappa shape index (κ2) is 8.18. The van der Waals surface area contributed by atoms with Crippen molar-refractivity contribution in [3.63, 3.8) is 0 Å². The number of carbonyl (C=O) groups excluding carboxylic acids is 2. The van der Waals surface area contributed by atoms with Crippen LogP contribution in [0.1, 0.15) is 67.2 Å². The second-order valence-electron chi connectivity index (χ2n) is 6.61. The molecule has 112 valence electrons. The van der Waals surface area contributed by atoms with Gasteiger partial charge in [-0.3, -0.25) is 9.59 Å². The van der Waals surface area contributed by atoms with Gasteiger partial charge in [0.15, 0.2) is 0 Å². The molecule has 0 heterocycles. The lowest BCUT2D eigenvalue weighted by atomic mass is 9.96. The molecule has 0 aromatic heterocycles. The molecule has 0 aliphatic heterocycles. The molecule has 0 fully saturated rings. The highest BCUT2D eigenvalue weighted by molar-refractivity contribution is 5.77. The van der Waals surface area contributed by atoms with E-state index in [9.17, 15) is 9.59 Å². The SMILES string of the molecule is CC(C)CC(=O)NC(C)(C)CCCC(=O)NC(C)C. The van der Waals surface area contributed by atoms with Gasteiger partial charge in [0, 0.05) is 24.4 Å². The summed E-state index contributed by atoms with van der Waals surface area (Å²) in [6.07, 6.45) is 2.66. The molecule has 0 rings (SSSR count). The van der Waals surface area contributed by atoms with Crippen molar-refractivity contribution in [2.45, 2.75) is 78.8 Å². The molecule has 4 nitrogen and oxygen atoms in total. The first-order chi connectivity index (χ1) is 8.62. The average molecular weight is 270 g/mol. The Kier molecular flexibility index (Phi) is 7.72. The van der Waals surface area contributed by atoms with Gasteiger partial charge in [-0.25, -0.2) is 0 Å². The summed E-state index contributed by atoms with van der Waals surface area (Å²) in [5.41, 5.74) is -0.246. The first kappa shape index (κ1) is 17.9. The van der Waals surface area contributed by atoms with Gasteiger partial charge in [-0.05, 0) is 46.5 Å². The Morgan fingerprint density at radius 2 is 1.63 bits per heavy atom. The summed E-state index contributed by atoms with van der Waals surface area (Å²) in [5, 5.41) is 5.90. The van der Waals surface area contributed by atoms with Gasteiger partial charge in [0.25, 0.3) is 0 Å². The van der Waals surface area contributed by atoms with Gasteiger partial charge in [-0.1, -0.05) is 13.8 Å². The predicted molar refractivity (Wildman–Crippen MR) is 78.8 cm³/mol. The van der Waals surface area contributed by atoms with Crippen LogP contribution in [0.3, 0.4) is 0 Å². The van der Waals surface area contributed by atoms with Crippen LogP contribution in [0.2, 0.25) is 0 Å². The van der Waals surface area contributed by atoms with Crippen LogP contribution in [0.15, 0.2) is 0 Å². The van der Waals surface area contributed by atoms with E-state index >= 15 is 0 Å². The molecule has 2 N–H and O–H groups in total. The van der Waals surface area contributed by atoms with Crippen LogP contribution < -0.4 is 10.6 Å². The fraction of sp³-hybridized carbons (Fsp3) is 0.867. The third-order valence-electron chi connectivity index (χ3n) is 2.73. The second-order valence-corrected chi connectivity index (χ2v) is 6.61. The maximum absolute atomic E-state index is 11.7. The van der Waals surface area contributed by atoms with Crippen LogP contribution in [-0.2, 0) is 9.59 Å². The minimum Gasteiger partial charge on any atom is -0.354 e. The number of nitrogens with one attached hydrogen (secondary N) is 2. The summed E-state index contributed by atoms with van der Waals surface area (Å²) in [7, 11) is 0. The van der Waals surface area contributed by atoms with E-state index in [1.807, 2.05) is 41.5 Å². The normalized spacial score (nSPS) is 11.8. The van der Waals surface area contributed by atoms with E-state index < -0.39 is 0 Å². The van der Waals surface area contributed by atoms with Gasteiger partial charge < -0.3 is 10.6 Å². The summed E-state index contributed by atoms with van der Waals surface area (Å²) in [6.45, 7) is 12.0. The van der Waals surface area contributed by atoms with Crippen molar-refractivity contribution in [2.24, 2.45) is 5.92 Å². The zero-order chi connectivity index (χ0) is 15.1. The number of carbonyl (C=O) groups is 2. The zero-order valence-electron chi connectivity index (χ0n) is 13.3. The molecule has 0 radical (unpaired) electrons. The third kappa shape index (κ3) is 10.5. The predicted octanol–water partition coefficient (Wildman–Crippen LogP) is 2.62. The third-order valence-corrected chi connectivity index (χ3v) is 2.73. The number of hydrogen-bond donors (Lipinski definition) is 2. The Balaban J connectivity index is 3.96. The quantitative estimate of drug-likeness (QED) is 0.712. The van der Waals surface area contributed by atoms with Gasteiger partial charge in [0.2, 0.25) is 11.8 Å². The van der Waals surface area contributed by atoms with Crippen molar-refractivity contribution in [1.29, 1.82) is 0 Å². The van der Waals surface area contributed by atoms with Crippen LogP contribution in [-0.4, -0.2) is 23.4 Å². The van der Waals surface area contributed by atoms with Crippen LogP contribution >= 0.6 is 0 Å². The summed E-state index contributed by atoms with van der Waals surface area (Å²) >= 11 is 0. The van der Waals surface area contributed by atoms with E-state index in [2.05, 4.69) is 10.6 Å². The highest BCUT2D eigenvalue weighted by Gasteiger charge is 2.20. The largest absolute Gasteiger partial charge is 0.354 e. The molecule has 0 aliphatic carbocycles. The van der Waals surface area contributed by atoms with E-state index in [0.717, 1.165) is 12.8 Å². The minimum atomic E-state index is -0.246. The number of hydrogen-bond acceptors (Lipinski definition) is 2. The molecule has 0 bridgehead atoms. The molecule has 0 saturated carbocycles. The van der Waals surface area contributed by atoms with Crippen LogP contribution in [0.5, 0.6) is 0 Å². The smallest absolute Gasteiger partial charge is 0.220 e. The number of amides is 2. The van der Waals surface area contributed by atoms with E-state index in [-0.39, 0.29) is 23.4 Å². The molecule has 0 atom stereocenters. The van der Waals surface area contributed by atoms with Gasteiger partial charge in [-0.2, -0.15) is 0 Å². The Labute approximate surface area is 117 Å². The van der Waals surface area contributed by atoms with E-state index in [4.69, 9.17) is 0 Å². The van der Waals surface area contributed by atoms with Crippen LogP contribution in [0, 0.1) is 5.92 Å². The fourth-order valence-electron chi connectivity index (χ4n) is 1.95. The summed E-state index contributed by atoms with van der Waals surface area (Å²) < 4.78 is 0. The standard InChI is InChI=1S/C15H30N2O2/c1-11(2)10-14(19)17-15(5,6)9-7-8-13(18)16-12(3)4/h11-12H,7-10H2,1-6H3,(H,16,18)(H,17,19). The van der Waals surface area contributed by atoms with Gasteiger partial charge in [-0.15, -0.1) is 0 Å². The molecule has 0 aromatic carbocycles. The molecule has 0 aliphatic rings. The topological polar surface area (TPSA) is 58.2 Å². The van der Waals surface area contributed by atoms with E-state index in [1.165, 1.54) is 0 Å². The molecular weight excluding hydrogens is 240 g/mol. The van der Waals surface area contributed by atoms with Gasteiger partial charge in [0.05, 0.1) is 0 Å². The highest BCUT2D eigenvalue weighted by atomic mass is 16.2. The lowest BCUT2D eigenvalue weighted by molar-refractivity contribution is -0.123. The van der Waals surface area contributed by atoms with Gasteiger partial charge in [0.1, 0.15) is 0 Å². The molecule has 4 heteroatoms. The Hall–Kier alpha value is -1.06. The van der Waals surface area contributed by atoms with Crippen molar-refractivity contribution < 1.29 is 9.59 Å². The number of rotatable bonds is 8. The average Bonchev–Trinajstić information content (AvgIpc) is 2.12. The van der Waals surface area contributed by atoms with E-state index in [0.29, 0.717) is 18.8 Å². The maximum Gasteiger partial charge on any atom is 0.220 e. The van der Waals surface area contributed by atoms with Crippen molar-refractivity contribution >= 4 is 11.8 Å². The Morgan fingerprint density at radius 1 is 1.05 bits per heavy atom. The Morgan fingerprint density at radius 3 is 2.11 bits per heavy atom. The Bertz CT molecular complexity index is 297. The first-order valence-corrected chi connectivity index (χ1v) is 7.23. The lowest BCUT2D eigenvalue weighted by Gasteiger charge is -2.26. The van der Waals surface area contributed by atoms with Crippen molar-refractivity contribution in [1.82, 2.24) is 10.6 Å². The molecule has 19 heavy (non-hydrogen) atoms. The summed E-state index contributed by atoms with van der Waals surface area (Å²) in [5.74, 6) is 0.540. The van der Waals surface area contributed by atoms with Crippen LogP contribution in [0.25, 0.3) is 0 Å². The zero-order valence-corrected chi connectivity index (χ0v) is 13.3. The fourth-order valence-corrected chi connectivity index (χ4v) is 1.95.